The van der Waals surface area contributed by atoms with Crippen molar-refractivity contribution in [3.8, 4) is 0 Å². The van der Waals surface area contributed by atoms with Gasteiger partial charge in [-0.2, -0.15) is 0 Å². The Bertz CT molecular complexity index is 278. The normalized spacial score (nSPS) is 12.9. The minimum absolute atomic E-state index is 0.664. The summed E-state index contributed by atoms with van der Waals surface area (Å²) in [6.07, 6.45) is 4.32. The summed E-state index contributed by atoms with van der Waals surface area (Å²) in [4.78, 5) is 4.33. The van der Waals surface area contributed by atoms with Gasteiger partial charge in [0.15, 0.2) is 0 Å². The smallest absolute Gasteiger partial charge is 0.0375 e. The standard InChI is InChI=1S/C12H19N/c1-5-9(3)12-7-10(4)13-8-11(12)6-2/h7-9H,5-6H2,1-4H3. The Hall–Kier alpha value is -0.850. The van der Waals surface area contributed by atoms with Crippen molar-refractivity contribution < 1.29 is 0 Å². The van der Waals surface area contributed by atoms with Crippen molar-refractivity contribution in [2.24, 2.45) is 0 Å². The molecule has 0 saturated carbocycles. The summed E-state index contributed by atoms with van der Waals surface area (Å²) in [6.45, 7) is 8.78. The highest BCUT2D eigenvalue weighted by Gasteiger charge is 2.08. The van der Waals surface area contributed by atoms with Crippen molar-refractivity contribution in [1.29, 1.82) is 0 Å². The average molecular weight is 177 g/mol. The second kappa shape index (κ2) is 4.40. The van der Waals surface area contributed by atoms with E-state index < -0.39 is 0 Å². The second-order valence-corrected chi connectivity index (χ2v) is 3.69. The van der Waals surface area contributed by atoms with Gasteiger partial charge in [0.05, 0.1) is 0 Å². The molecule has 0 bridgehead atoms. The molecule has 0 aliphatic rings. The zero-order chi connectivity index (χ0) is 9.84. The first-order valence-corrected chi connectivity index (χ1v) is 5.14. The molecule has 0 aliphatic heterocycles. The third kappa shape index (κ3) is 2.30. The summed E-state index contributed by atoms with van der Waals surface area (Å²) >= 11 is 0. The van der Waals surface area contributed by atoms with E-state index in [1.807, 2.05) is 6.20 Å². The predicted molar refractivity (Wildman–Crippen MR) is 57.1 cm³/mol. The zero-order valence-electron chi connectivity index (χ0n) is 9.09. The molecule has 1 aromatic rings. The van der Waals surface area contributed by atoms with Crippen molar-refractivity contribution in [2.45, 2.75) is 46.5 Å². The van der Waals surface area contributed by atoms with Crippen LogP contribution >= 0.6 is 0 Å². The molecule has 72 valence electrons. The van der Waals surface area contributed by atoms with Gasteiger partial charge in [-0.1, -0.05) is 20.8 Å². The third-order valence-electron chi connectivity index (χ3n) is 2.68. The predicted octanol–water partition coefficient (Wildman–Crippen LogP) is 3.47. The Morgan fingerprint density at radius 2 is 2.08 bits per heavy atom. The summed E-state index contributed by atoms with van der Waals surface area (Å²) in [5.41, 5.74) is 4.02. The summed E-state index contributed by atoms with van der Waals surface area (Å²) in [5, 5.41) is 0. The first-order chi connectivity index (χ1) is 6.19. The number of nitrogens with zero attached hydrogens (tertiary/aromatic N) is 1. The molecule has 0 spiro atoms. The topological polar surface area (TPSA) is 12.9 Å². The highest BCUT2D eigenvalue weighted by molar-refractivity contribution is 5.29. The van der Waals surface area contributed by atoms with E-state index in [0.717, 1.165) is 12.1 Å². The lowest BCUT2D eigenvalue weighted by Crippen LogP contribution is -1.99. The van der Waals surface area contributed by atoms with Crippen molar-refractivity contribution in [2.75, 3.05) is 0 Å². The monoisotopic (exact) mass is 177 g/mol. The maximum absolute atomic E-state index is 4.33. The van der Waals surface area contributed by atoms with Crippen LogP contribution in [-0.2, 0) is 6.42 Å². The van der Waals surface area contributed by atoms with E-state index in [0.29, 0.717) is 5.92 Å². The van der Waals surface area contributed by atoms with Crippen molar-refractivity contribution in [1.82, 2.24) is 4.98 Å². The van der Waals surface area contributed by atoms with Gasteiger partial charge in [0.2, 0.25) is 0 Å². The van der Waals surface area contributed by atoms with E-state index >= 15 is 0 Å². The van der Waals surface area contributed by atoms with Gasteiger partial charge in [-0.3, -0.25) is 4.98 Å². The molecule has 0 amide bonds. The molecular weight excluding hydrogens is 158 g/mol. The Morgan fingerprint density at radius 3 is 2.62 bits per heavy atom. The number of hydrogen-bond acceptors (Lipinski definition) is 1. The van der Waals surface area contributed by atoms with E-state index in [-0.39, 0.29) is 0 Å². The maximum Gasteiger partial charge on any atom is 0.0375 e. The lowest BCUT2D eigenvalue weighted by atomic mass is 9.93. The molecule has 0 aliphatic carbocycles. The van der Waals surface area contributed by atoms with Gasteiger partial charge in [-0.25, -0.2) is 0 Å². The van der Waals surface area contributed by atoms with Gasteiger partial charge in [0.25, 0.3) is 0 Å². The molecule has 1 unspecified atom stereocenters. The molecule has 1 nitrogen and oxygen atoms in total. The third-order valence-corrected chi connectivity index (χ3v) is 2.68. The first-order valence-electron chi connectivity index (χ1n) is 5.14. The summed E-state index contributed by atoms with van der Waals surface area (Å²) in [5.74, 6) is 0.664. The summed E-state index contributed by atoms with van der Waals surface area (Å²) in [6, 6.07) is 2.23. The number of rotatable bonds is 3. The molecule has 1 rings (SSSR count). The largest absolute Gasteiger partial charge is 0.261 e. The Balaban J connectivity index is 3.07. The fraction of sp³-hybridized carbons (Fsp3) is 0.583. The van der Waals surface area contributed by atoms with Crippen LogP contribution in [0.4, 0.5) is 0 Å². The molecule has 1 heterocycles. The first kappa shape index (κ1) is 10.2. The quantitative estimate of drug-likeness (QED) is 0.689. The lowest BCUT2D eigenvalue weighted by molar-refractivity contribution is 0.719. The number of pyridine rings is 1. The highest BCUT2D eigenvalue weighted by Crippen LogP contribution is 2.23. The molecule has 0 N–H and O–H groups in total. The second-order valence-electron chi connectivity index (χ2n) is 3.69. The van der Waals surface area contributed by atoms with Crippen LogP contribution in [0, 0.1) is 6.92 Å². The SMILES string of the molecule is CCc1cnc(C)cc1C(C)CC. The number of hydrogen-bond donors (Lipinski definition) is 0. The van der Waals surface area contributed by atoms with Gasteiger partial charge in [0.1, 0.15) is 0 Å². The van der Waals surface area contributed by atoms with Crippen molar-refractivity contribution in [3.63, 3.8) is 0 Å². The Labute approximate surface area is 81.2 Å². The van der Waals surface area contributed by atoms with Gasteiger partial charge >= 0.3 is 0 Å². The van der Waals surface area contributed by atoms with Crippen LogP contribution in [0.1, 0.15) is 49.9 Å². The van der Waals surface area contributed by atoms with Gasteiger partial charge < -0.3 is 0 Å². The molecule has 13 heavy (non-hydrogen) atoms. The van der Waals surface area contributed by atoms with Crippen LogP contribution in [0.5, 0.6) is 0 Å². The van der Waals surface area contributed by atoms with Gasteiger partial charge in [-0.15, -0.1) is 0 Å². The fourth-order valence-electron chi connectivity index (χ4n) is 1.58. The molecule has 1 heteroatoms. The molecule has 0 saturated heterocycles. The van der Waals surface area contributed by atoms with Crippen LogP contribution in [0.25, 0.3) is 0 Å². The Morgan fingerprint density at radius 1 is 1.38 bits per heavy atom. The van der Waals surface area contributed by atoms with E-state index in [1.54, 1.807) is 0 Å². The zero-order valence-corrected chi connectivity index (χ0v) is 9.09. The van der Waals surface area contributed by atoms with E-state index in [9.17, 15) is 0 Å². The molecule has 1 aromatic heterocycles. The van der Waals surface area contributed by atoms with Crippen LogP contribution in [-0.4, -0.2) is 4.98 Å². The number of aromatic nitrogens is 1. The van der Waals surface area contributed by atoms with E-state index in [4.69, 9.17) is 0 Å². The van der Waals surface area contributed by atoms with E-state index in [1.165, 1.54) is 17.5 Å². The van der Waals surface area contributed by atoms with Crippen LogP contribution in [0.3, 0.4) is 0 Å². The van der Waals surface area contributed by atoms with Crippen LogP contribution in [0.2, 0.25) is 0 Å². The molecular formula is C12H19N. The van der Waals surface area contributed by atoms with Gasteiger partial charge in [0, 0.05) is 11.9 Å². The molecule has 0 radical (unpaired) electrons. The molecule has 1 atom stereocenters. The highest BCUT2D eigenvalue weighted by atomic mass is 14.7. The van der Waals surface area contributed by atoms with Crippen molar-refractivity contribution >= 4 is 0 Å². The number of aryl methyl sites for hydroxylation is 2. The fourth-order valence-corrected chi connectivity index (χ4v) is 1.58. The minimum Gasteiger partial charge on any atom is -0.261 e. The van der Waals surface area contributed by atoms with Crippen LogP contribution < -0.4 is 0 Å². The Kier molecular flexibility index (Phi) is 3.47. The van der Waals surface area contributed by atoms with E-state index in [2.05, 4.69) is 38.7 Å². The summed E-state index contributed by atoms with van der Waals surface area (Å²) < 4.78 is 0. The van der Waals surface area contributed by atoms with Crippen molar-refractivity contribution in [3.05, 3.63) is 29.1 Å². The molecule has 0 aromatic carbocycles. The lowest BCUT2D eigenvalue weighted by Gasteiger charge is -2.14. The maximum atomic E-state index is 4.33. The average Bonchev–Trinajstić information content (AvgIpc) is 2.16. The summed E-state index contributed by atoms with van der Waals surface area (Å²) in [7, 11) is 0. The van der Waals surface area contributed by atoms with Gasteiger partial charge in [-0.05, 0) is 42.9 Å². The molecule has 0 fully saturated rings. The minimum atomic E-state index is 0.664. The van der Waals surface area contributed by atoms with Crippen LogP contribution in [0.15, 0.2) is 12.3 Å².